The molecule has 0 saturated carbocycles. The predicted molar refractivity (Wildman–Crippen MR) is 72.8 cm³/mol. The van der Waals surface area contributed by atoms with Gasteiger partial charge in [-0.1, -0.05) is 15.9 Å². The van der Waals surface area contributed by atoms with Gasteiger partial charge in [-0.15, -0.1) is 0 Å². The highest BCUT2D eigenvalue weighted by molar-refractivity contribution is 9.10. The third-order valence-corrected chi connectivity index (χ3v) is 3.17. The number of aryl methyl sites for hydroxylation is 2. The summed E-state index contributed by atoms with van der Waals surface area (Å²) in [6.45, 7) is 3.43. The number of alkyl halides is 1. The molecule has 0 aliphatic rings. The van der Waals surface area contributed by atoms with Crippen LogP contribution in [0.2, 0.25) is 0 Å². The van der Waals surface area contributed by atoms with Crippen LogP contribution in [0, 0.1) is 24.0 Å². The van der Waals surface area contributed by atoms with Gasteiger partial charge in [-0.2, -0.15) is 0 Å². The molecule has 0 heterocycles. The topological polar surface area (TPSA) is 78.7 Å². The molecule has 0 bridgehead atoms. The standard InChI is InChI=1S/C12H14BrNO5/c1-7-5-11(8(2)4-10(7)14(16)17)19-6-9(13)12(15)18-3/h4-5,9H,6H2,1-3H3. The number of nitro groups is 1. The highest BCUT2D eigenvalue weighted by atomic mass is 79.9. The van der Waals surface area contributed by atoms with E-state index in [2.05, 4.69) is 20.7 Å². The van der Waals surface area contributed by atoms with Crippen molar-refractivity contribution in [1.29, 1.82) is 0 Å². The first-order valence-corrected chi connectivity index (χ1v) is 6.38. The summed E-state index contributed by atoms with van der Waals surface area (Å²) in [7, 11) is 1.29. The Hall–Kier alpha value is -1.63. The lowest BCUT2D eigenvalue weighted by atomic mass is 10.1. The van der Waals surface area contributed by atoms with E-state index in [1.54, 1.807) is 19.9 Å². The number of carbonyl (C=O) groups is 1. The molecule has 7 heteroatoms. The second kappa shape index (κ2) is 6.51. The van der Waals surface area contributed by atoms with Gasteiger partial charge >= 0.3 is 5.97 Å². The van der Waals surface area contributed by atoms with Crippen LogP contribution in [0.25, 0.3) is 0 Å². The number of esters is 1. The fourth-order valence-corrected chi connectivity index (χ4v) is 1.80. The average Bonchev–Trinajstić information content (AvgIpc) is 2.37. The minimum Gasteiger partial charge on any atom is -0.492 e. The summed E-state index contributed by atoms with van der Waals surface area (Å²) < 4.78 is 10.0. The van der Waals surface area contributed by atoms with Crippen LogP contribution < -0.4 is 4.74 Å². The van der Waals surface area contributed by atoms with E-state index in [4.69, 9.17) is 4.74 Å². The molecule has 0 aliphatic carbocycles. The fraction of sp³-hybridized carbons (Fsp3) is 0.417. The first-order chi connectivity index (χ1) is 8.86. The highest BCUT2D eigenvalue weighted by Gasteiger charge is 2.18. The van der Waals surface area contributed by atoms with Gasteiger partial charge in [0.2, 0.25) is 0 Å². The Morgan fingerprint density at radius 2 is 2.05 bits per heavy atom. The number of hydrogen-bond donors (Lipinski definition) is 0. The minimum atomic E-state index is -0.576. The number of benzene rings is 1. The summed E-state index contributed by atoms with van der Waals surface area (Å²) in [5.74, 6) is 0.0766. The van der Waals surface area contributed by atoms with Crippen molar-refractivity contribution in [2.45, 2.75) is 18.7 Å². The summed E-state index contributed by atoms with van der Waals surface area (Å²) in [4.78, 5) is 21.0. The van der Waals surface area contributed by atoms with Gasteiger partial charge in [0.25, 0.3) is 5.69 Å². The fourth-order valence-electron chi connectivity index (χ4n) is 1.49. The molecule has 6 nitrogen and oxygen atoms in total. The molecule has 0 N–H and O–H groups in total. The molecule has 0 saturated heterocycles. The van der Waals surface area contributed by atoms with E-state index in [1.807, 2.05) is 0 Å². The van der Waals surface area contributed by atoms with Gasteiger partial charge in [0.05, 0.1) is 12.0 Å². The van der Waals surface area contributed by atoms with Crippen molar-refractivity contribution in [2.75, 3.05) is 13.7 Å². The molecule has 0 aromatic heterocycles. The van der Waals surface area contributed by atoms with Crippen molar-refractivity contribution >= 4 is 27.6 Å². The number of rotatable bonds is 5. The van der Waals surface area contributed by atoms with Gasteiger partial charge < -0.3 is 9.47 Å². The number of methoxy groups -OCH3 is 1. The van der Waals surface area contributed by atoms with Gasteiger partial charge in [0.15, 0.2) is 0 Å². The van der Waals surface area contributed by atoms with Crippen LogP contribution in [-0.4, -0.2) is 29.4 Å². The van der Waals surface area contributed by atoms with Crippen molar-refractivity contribution in [2.24, 2.45) is 0 Å². The van der Waals surface area contributed by atoms with Crippen molar-refractivity contribution in [3.8, 4) is 5.75 Å². The van der Waals surface area contributed by atoms with Crippen molar-refractivity contribution in [3.05, 3.63) is 33.4 Å². The lowest BCUT2D eigenvalue weighted by Crippen LogP contribution is -2.23. The minimum absolute atomic E-state index is 0.0493. The van der Waals surface area contributed by atoms with Crippen LogP contribution in [0.15, 0.2) is 12.1 Å². The summed E-state index contributed by atoms with van der Waals surface area (Å²) in [5, 5.41) is 10.8. The van der Waals surface area contributed by atoms with Crippen LogP contribution in [0.3, 0.4) is 0 Å². The van der Waals surface area contributed by atoms with E-state index in [1.165, 1.54) is 13.2 Å². The van der Waals surface area contributed by atoms with Crippen LogP contribution in [-0.2, 0) is 9.53 Å². The van der Waals surface area contributed by atoms with E-state index in [-0.39, 0.29) is 12.3 Å². The molecule has 1 atom stereocenters. The molecule has 0 aliphatic heterocycles. The smallest absolute Gasteiger partial charge is 0.322 e. The van der Waals surface area contributed by atoms with Gasteiger partial charge in [0, 0.05) is 11.6 Å². The van der Waals surface area contributed by atoms with Gasteiger partial charge in [0.1, 0.15) is 17.2 Å². The maximum Gasteiger partial charge on any atom is 0.322 e. The zero-order valence-electron chi connectivity index (χ0n) is 10.8. The summed E-state index contributed by atoms with van der Waals surface area (Å²) in [5.41, 5.74) is 1.20. The molecule has 0 amide bonds. The van der Waals surface area contributed by atoms with Crippen molar-refractivity contribution in [3.63, 3.8) is 0 Å². The Labute approximate surface area is 119 Å². The Bertz CT molecular complexity index is 503. The number of nitro benzene ring substituents is 1. The summed E-state index contributed by atoms with van der Waals surface area (Å²) in [6, 6.07) is 3.04. The van der Waals surface area contributed by atoms with Crippen LogP contribution in [0.1, 0.15) is 11.1 Å². The monoisotopic (exact) mass is 331 g/mol. The molecule has 1 aromatic rings. The molecule has 104 valence electrons. The first-order valence-electron chi connectivity index (χ1n) is 5.47. The third kappa shape index (κ3) is 3.92. The molecule has 0 spiro atoms. The van der Waals surface area contributed by atoms with E-state index >= 15 is 0 Å². The molecule has 1 aromatic carbocycles. The summed E-state index contributed by atoms with van der Waals surface area (Å²) >= 11 is 3.13. The largest absolute Gasteiger partial charge is 0.492 e. The molecule has 1 rings (SSSR count). The Balaban J connectivity index is 2.83. The molecule has 0 radical (unpaired) electrons. The molecule has 19 heavy (non-hydrogen) atoms. The van der Waals surface area contributed by atoms with Gasteiger partial charge in [-0.3, -0.25) is 14.9 Å². The highest BCUT2D eigenvalue weighted by Crippen LogP contribution is 2.28. The zero-order chi connectivity index (χ0) is 14.6. The second-order valence-electron chi connectivity index (χ2n) is 3.96. The Morgan fingerprint density at radius 1 is 1.42 bits per heavy atom. The Morgan fingerprint density at radius 3 is 2.58 bits per heavy atom. The maximum absolute atomic E-state index is 11.2. The normalized spacial score (nSPS) is 11.8. The first kappa shape index (κ1) is 15.4. The van der Waals surface area contributed by atoms with Crippen molar-refractivity contribution < 1.29 is 19.2 Å². The molecular weight excluding hydrogens is 318 g/mol. The van der Waals surface area contributed by atoms with Crippen molar-refractivity contribution in [1.82, 2.24) is 0 Å². The predicted octanol–water partition coefficient (Wildman–Crippen LogP) is 2.53. The van der Waals surface area contributed by atoms with Gasteiger partial charge in [-0.05, 0) is 25.5 Å². The molecular formula is C12H14BrNO5. The van der Waals surface area contributed by atoms with Crippen LogP contribution in [0.5, 0.6) is 5.75 Å². The number of halogens is 1. The SMILES string of the molecule is COC(=O)C(Br)COc1cc(C)c([N+](=O)[O-])cc1C. The van der Waals surface area contributed by atoms with E-state index in [9.17, 15) is 14.9 Å². The maximum atomic E-state index is 11.2. The van der Waals surface area contributed by atoms with E-state index in [0.717, 1.165) is 0 Å². The van der Waals surface area contributed by atoms with Gasteiger partial charge in [-0.25, -0.2) is 0 Å². The quantitative estimate of drug-likeness (QED) is 0.358. The molecule has 1 unspecified atom stereocenters. The number of nitrogens with zero attached hydrogens (tertiary/aromatic N) is 1. The van der Waals surface area contributed by atoms with E-state index < -0.39 is 15.7 Å². The number of ether oxygens (including phenoxy) is 2. The second-order valence-corrected chi connectivity index (χ2v) is 5.07. The molecule has 0 fully saturated rings. The van der Waals surface area contributed by atoms with Crippen LogP contribution in [0.4, 0.5) is 5.69 Å². The summed E-state index contributed by atoms with van der Waals surface area (Å²) in [6.07, 6.45) is 0. The zero-order valence-corrected chi connectivity index (χ0v) is 12.4. The number of hydrogen-bond acceptors (Lipinski definition) is 5. The van der Waals surface area contributed by atoms with E-state index in [0.29, 0.717) is 16.9 Å². The Kier molecular flexibility index (Phi) is 5.29. The van der Waals surface area contributed by atoms with Crippen LogP contribution >= 0.6 is 15.9 Å². The number of carbonyl (C=O) groups excluding carboxylic acids is 1. The third-order valence-electron chi connectivity index (χ3n) is 2.53. The lowest BCUT2D eigenvalue weighted by Gasteiger charge is -2.12. The average molecular weight is 332 g/mol. The lowest BCUT2D eigenvalue weighted by molar-refractivity contribution is -0.385.